The molecule has 0 saturated carbocycles. The van der Waals surface area contributed by atoms with Crippen molar-refractivity contribution in [1.82, 2.24) is 0 Å². The van der Waals surface area contributed by atoms with Crippen LogP contribution < -0.4 is 0 Å². The van der Waals surface area contributed by atoms with Crippen molar-refractivity contribution in [2.24, 2.45) is 0 Å². The van der Waals surface area contributed by atoms with Crippen LogP contribution in [0.5, 0.6) is 0 Å². The maximum atomic E-state index is 3.72. The van der Waals surface area contributed by atoms with Gasteiger partial charge in [0.25, 0.3) is 0 Å². The molecule has 0 spiro atoms. The Kier molecular flexibility index (Phi) is 11.4. The van der Waals surface area contributed by atoms with Gasteiger partial charge in [-0.2, -0.15) is 36.8 Å². The third-order valence-corrected chi connectivity index (χ3v) is 2.01. The van der Waals surface area contributed by atoms with Gasteiger partial charge in [-0.05, 0) is 0 Å². The molecule has 0 N–H and O–H groups in total. The molecule has 0 aromatic heterocycles. The molecule has 0 amide bonds. The summed E-state index contributed by atoms with van der Waals surface area (Å²) in [5, 5.41) is 0. The zero-order valence-electron chi connectivity index (χ0n) is 11.5. The first-order valence-electron chi connectivity index (χ1n) is 5.70. The molecule has 1 aromatic rings. The minimum absolute atomic E-state index is 0. The van der Waals surface area contributed by atoms with Gasteiger partial charge in [0, 0.05) is 0 Å². The molecule has 2 aliphatic carbocycles. The van der Waals surface area contributed by atoms with E-state index in [0.717, 1.165) is 18.4 Å². The molecular weight excluding hydrogens is 252 g/mol. The summed E-state index contributed by atoms with van der Waals surface area (Å²) in [4.78, 5) is 0. The molecule has 0 heterocycles. The van der Waals surface area contributed by atoms with Gasteiger partial charge in [-0.3, -0.25) is 12.2 Å². The molecule has 0 aliphatic heterocycles. The van der Waals surface area contributed by atoms with Crippen LogP contribution in [0.1, 0.15) is 19.8 Å². The topological polar surface area (TPSA) is 0 Å². The van der Waals surface area contributed by atoms with Crippen molar-refractivity contribution < 1.29 is 23.1 Å². The maximum Gasteiger partial charge on any atom is 3.00 e. The first kappa shape index (κ1) is 16.8. The summed E-state index contributed by atoms with van der Waals surface area (Å²) in [7, 11) is 0. The molecule has 1 radical (unpaired) electrons. The molecule has 3 rings (SSSR count). The van der Waals surface area contributed by atoms with Crippen LogP contribution in [0.15, 0.2) is 66.8 Å². The quantitative estimate of drug-likeness (QED) is 0.478. The number of hydrogen-bond donors (Lipinski definition) is 0. The van der Waals surface area contributed by atoms with E-state index in [1.54, 1.807) is 0 Å². The van der Waals surface area contributed by atoms with E-state index >= 15 is 0 Å². The van der Waals surface area contributed by atoms with Crippen molar-refractivity contribution in [3.8, 4) is 0 Å². The van der Waals surface area contributed by atoms with E-state index in [9.17, 15) is 0 Å². The second-order valence-electron chi connectivity index (χ2n) is 3.49. The van der Waals surface area contributed by atoms with Gasteiger partial charge in [-0.25, -0.2) is 24.3 Å². The number of hydrogen-bond acceptors (Lipinski definition) is 0. The normalized spacial score (nSPS) is 13.1. The van der Waals surface area contributed by atoms with Crippen LogP contribution in [0, 0.1) is 19.1 Å². The molecule has 91 valence electrons. The van der Waals surface area contributed by atoms with Gasteiger partial charge >= 0.3 is 21.7 Å². The summed E-state index contributed by atoms with van der Waals surface area (Å²) < 4.78 is 0. The second-order valence-corrected chi connectivity index (χ2v) is 3.49. The molecule has 0 unspecified atom stereocenters. The minimum Gasteiger partial charge on any atom is -1.00 e. The van der Waals surface area contributed by atoms with Gasteiger partial charge in [0.15, 0.2) is 0 Å². The van der Waals surface area contributed by atoms with Crippen molar-refractivity contribution in [2.45, 2.75) is 12.8 Å². The van der Waals surface area contributed by atoms with E-state index in [1.807, 2.05) is 54.6 Å². The molecule has 0 bridgehead atoms. The third-order valence-electron chi connectivity index (χ3n) is 2.01. The van der Waals surface area contributed by atoms with Crippen LogP contribution >= 0.6 is 0 Å². The van der Waals surface area contributed by atoms with Crippen molar-refractivity contribution in [3.05, 3.63) is 91.4 Å². The first-order valence-corrected chi connectivity index (χ1v) is 5.70. The van der Waals surface area contributed by atoms with Crippen LogP contribution in [0.3, 0.4) is 0 Å². The standard InChI is InChI=1S/C7H7.2C5H5.Ti.H/c1-7-5-3-2-4-6-7;2*1-2-4-5-3-1;;/h2-6H,1H2;2*1-3H,4H2;;/q3*-1;+3;-1. The van der Waals surface area contributed by atoms with Crippen molar-refractivity contribution in [3.63, 3.8) is 0 Å². The van der Waals surface area contributed by atoms with Crippen LogP contribution in [0.2, 0.25) is 0 Å². The van der Waals surface area contributed by atoms with Crippen LogP contribution in [0.4, 0.5) is 0 Å². The SMILES string of the molecule is [C-]1=CC=CC1.[C-]1=CC=CC1.[CH2-]c1ccccc1.[H-].[Ti+3]. The van der Waals surface area contributed by atoms with Crippen LogP contribution in [-0.2, 0) is 21.7 Å². The van der Waals surface area contributed by atoms with Gasteiger partial charge in [-0.15, -0.1) is 25.0 Å². The van der Waals surface area contributed by atoms with Gasteiger partial charge < -0.3 is 1.43 Å². The largest absolute Gasteiger partial charge is 3.00 e. The molecular formula is C17H18Ti-. The molecule has 0 fully saturated rings. The van der Waals surface area contributed by atoms with Gasteiger partial charge in [0.2, 0.25) is 0 Å². The predicted molar refractivity (Wildman–Crippen MR) is 75.2 cm³/mol. The van der Waals surface area contributed by atoms with E-state index in [0.29, 0.717) is 0 Å². The number of allylic oxidation sites excluding steroid dienone is 8. The molecule has 2 aliphatic rings. The Bertz CT molecular complexity index is 361. The van der Waals surface area contributed by atoms with Gasteiger partial charge in [-0.1, -0.05) is 6.07 Å². The van der Waals surface area contributed by atoms with E-state index < -0.39 is 0 Å². The smallest absolute Gasteiger partial charge is 1.00 e. The summed E-state index contributed by atoms with van der Waals surface area (Å²) in [6.45, 7) is 3.72. The zero-order valence-corrected chi connectivity index (χ0v) is 12.0. The molecule has 0 saturated heterocycles. The second kappa shape index (κ2) is 12.2. The Hall–Kier alpha value is -1.24. The van der Waals surface area contributed by atoms with Crippen molar-refractivity contribution in [2.75, 3.05) is 0 Å². The van der Waals surface area contributed by atoms with Crippen LogP contribution in [0.25, 0.3) is 0 Å². The summed E-state index contributed by atoms with van der Waals surface area (Å²) >= 11 is 0. The third kappa shape index (κ3) is 9.95. The average Bonchev–Trinajstić information content (AvgIpc) is 3.09. The van der Waals surface area contributed by atoms with Crippen LogP contribution in [-0.4, -0.2) is 0 Å². The Labute approximate surface area is 127 Å². The van der Waals surface area contributed by atoms with Gasteiger partial charge in [0.1, 0.15) is 0 Å². The Morgan fingerprint density at radius 1 is 0.889 bits per heavy atom. The summed E-state index contributed by atoms with van der Waals surface area (Å²) in [5.41, 5.74) is 1.07. The molecule has 1 heteroatoms. The fraction of sp³-hybridized carbons (Fsp3) is 0.118. The number of rotatable bonds is 0. The van der Waals surface area contributed by atoms with Crippen molar-refractivity contribution in [1.29, 1.82) is 0 Å². The fourth-order valence-corrected chi connectivity index (χ4v) is 1.16. The first-order chi connectivity index (χ1) is 8.39. The Morgan fingerprint density at radius 2 is 1.39 bits per heavy atom. The van der Waals surface area contributed by atoms with Gasteiger partial charge in [0.05, 0.1) is 0 Å². The number of benzene rings is 1. The minimum atomic E-state index is 0. The molecule has 1 aromatic carbocycles. The summed E-state index contributed by atoms with van der Waals surface area (Å²) in [6, 6.07) is 9.87. The van der Waals surface area contributed by atoms with E-state index in [1.165, 1.54) is 0 Å². The fourth-order valence-electron chi connectivity index (χ4n) is 1.16. The average molecular weight is 270 g/mol. The van der Waals surface area contributed by atoms with E-state index in [4.69, 9.17) is 0 Å². The molecule has 0 nitrogen and oxygen atoms in total. The Balaban J connectivity index is 0. The van der Waals surface area contributed by atoms with E-state index in [2.05, 4.69) is 31.2 Å². The summed E-state index contributed by atoms with van der Waals surface area (Å²) in [6.07, 6.45) is 20.0. The molecule has 18 heavy (non-hydrogen) atoms. The predicted octanol–water partition coefficient (Wildman–Crippen LogP) is 4.59. The zero-order chi connectivity index (χ0) is 12.2. The van der Waals surface area contributed by atoms with Crippen molar-refractivity contribution >= 4 is 0 Å². The maximum absolute atomic E-state index is 3.72. The Morgan fingerprint density at radius 3 is 1.56 bits per heavy atom. The monoisotopic (exact) mass is 270 g/mol. The molecule has 0 atom stereocenters. The summed E-state index contributed by atoms with van der Waals surface area (Å²) in [5.74, 6) is 0. The van der Waals surface area contributed by atoms with E-state index in [-0.39, 0.29) is 23.1 Å².